The molecule has 1 spiro atoms. The van der Waals surface area contributed by atoms with Gasteiger partial charge in [0, 0.05) is 38.2 Å². The quantitative estimate of drug-likeness (QED) is 0.155. The maximum Gasteiger partial charge on any atom is 0.319 e. The standard InChI is InChI=1S/C41H51N9O8/c1-24-19-41(20-34(41)52)50(21-24)37(55)25(2)44-36(54)32-11-6-7-15-48(32)39(57)33-12-8-16-49(33)38(56)31(22-51)46-35(53)30(17-26-9-4-3-5-10-26)47-40(58)45-27-13-14-28-29(18-27)43-23-42-28/h3-5,9-10,13-14,18,23-25,30-33,51H,6-8,11-12,15-17,19-22H2,1-2H3,(H,42,43)(H,44,54)(H,46,53)(H2,45,47,58)/t24-,25-,30-,31-,32-,33-,41-/m0/s1. The lowest BCUT2D eigenvalue weighted by Gasteiger charge is -2.39. The zero-order chi connectivity index (χ0) is 41.1. The van der Waals surface area contributed by atoms with E-state index in [0.717, 1.165) is 11.1 Å². The number of imidazole rings is 1. The molecule has 3 aromatic rings. The number of benzene rings is 2. The molecule has 17 heteroatoms. The largest absolute Gasteiger partial charge is 0.394 e. The summed E-state index contributed by atoms with van der Waals surface area (Å²) in [5.41, 5.74) is 1.86. The minimum atomic E-state index is -1.42. The summed E-state index contributed by atoms with van der Waals surface area (Å²) in [6, 6.07) is 8.17. The number of anilines is 1. The number of likely N-dealkylation sites (tertiary alicyclic amines) is 3. The molecule has 0 bridgehead atoms. The van der Waals surface area contributed by atoms with Crippen molar-refractivity contribution in [3.8, 4) is 0 Å². The Morgan fingerprint density at radius 1 is 0.914 bits per heavy atom. The minimum absolute atomic E-state index is 0.0399. The van der Waals surface area contributed by atoms with E-state index in [1.165, 1.54) is 16.1 Å². The number of hydrogen-bond acceptors (Lipinski definition) is 9. The molecular formula is C41H51N9O8. The molecule has 17 nitrogen and oxygen atoms in total. The van der Waals surface area contributed by atoms with Gasteiger partial charge in [-0.15, -0.1) is 0 Å². The fourth-order valence-electron chi connectivity index (χ4n) is 8.80. The number of ketones is 1. The summed E-state index contributed by atoms with van der Waals surface area (Å²) in [7, 11) is 0. The van der Waals surface area contributed by atoms with Gasteiger partial charge in [-0.3, -0.25) is 28.8 Å². The molecule has 3 aliphatic heterocycles. The number of carbonyl (C=O) groups excluding carboxylic acids is 7. The maximum absolute atomic E-state index is 14.2. The van der Waals surface area contributed by atoms with Gasteiger partial charge in [0.1, 0.15) is 35.7 Å². The number of hydrogen-bond donors (Lipinski definition) is 6. The van der Waals surface area contributed by atoms with E-state index in [4.69, 9.17) is 0 Å². The average Bonchev–Trinajstić information content (AvgIpc) is 3.65. The fraction of sp³-hybridized carbons (Fsp3) is 0.512. The number of H-pyrrole nitrogens is 1. The lowest BCUT2D eigenvalue weighted by Crippen LogP contribution is -2.61. The SMILES string of the molecule is C[C@@H]1CN(C(=O)[C@H](C)NC(=O)[C@@H]2CCCCN2C(=O)[C@@H]2CCCN2C(=O)[C@H](CO)NC(=O)[C@H](Cc2ccccc2)NC(=O)Nc2ccc3[nH]cnc3c2)[C@]2(CC2=O)C1. The Kier molecular flexibility index (Phi) is 11.8. The molecule has 7 atom stereocenters. The molecule has 3 saturated heterocycles. The third-order valence-corrected chi connectivity index (χ3v) is 11.8. The van der Waals surface area contributed by atoms with Gasteiger partial charge in [0.25, 0.3) is 0 Å². The summed E-state index contributed by atoms with van der Waals surface area (Å²) in [5.74, 6) is -2.38. The second kappa shape index (κ2) is 16.9. The molecular weight excluding hydrogens is 747 g/mol. The number of nitrogens with zero attached hydrogens (tertiary/aromatic N) is 4. The van der Waals surface area contributed by atoms with E-state index in [1.54, 1.807) is 54.3 Å². The number of aliphatic hydroxyl groups is 1. The number of aromatic amines is 1. The van der Waals surface area contributed by atoms with E-state index < -0.39 is 72.0 Å². The monoisotopic (exact) mass is 797 g/mol. The Labute approximate surface area is 335 Å². The van der Waals surface area contributed by atoms with Crippen LogP contribution in [-0.4, -0.2) is 133 Å². The number of urea groups is 1. The average molecular weight is 798 g/mol. The van der Waals surface area contributed by atoms with Gasteiger partial charge in [0.15, 0.2) is 5.78 Å². The highest BCUT2D eigenvalue weighted by molar-refractivity contribution is 6.09. The Bertz CT molecular complexity index is 2080. The first kappa shape index (κ1) is 40.4. The van der Waals surface area contributed by atoms with Gasteiger partial charge in [0.05, 0.1) is 24.0 Å². The molecule has 308 valence electrons. The Hall–Kier alpha value is -5.84. The number of fused-ring (bicyclic) bond motifs is 1. The van der Waals surface area contributed by atoms with E-state index >= 15 is 0 Å². The van der Waals surface area contributed by atoms with Crippen LogP contribution in [0.1, 0.15) is 64.4 Å². The smallest absolute Gasteiger partial charge is 0.319 e. The molecule has 1 aromatic heterocycles. The van der Waals surface area contributed by atoms with Gasteiger partial charge < -0.3 is 46.1 Å². The Morgan fingerprint density at radius 3 is 2.40 bits per heavy atom. The van der Waals surface area contributed by atoms with Crippen LogP contribution in [0.5, 0.6) is 0 Å². The Balaban J connectivity index is 0.995. The predicted molar refractivity (Wildman–Crippen MR) is 211 cm³/mol. The molecule has 4 aliphatic rings. The van der Waals surface area contributed by atoms with Crippen LogP contribution in [0.3, 0.4) is 0 Å². The number of amides is 7. The number of aliphatic hydroxyl groups excluding tert-OH is 1. The van der Waals surface area contributed by atoms with Crippen LogP contribution < -0.4 is 21.3 Å². The van der Waals surface area contributed by atoms with Gasteiger partial charge in [-0.2, -0.15) is 0 Å². The van der Waals surface area contributed by atoms with Gasteiger partial charge in [-0.25, -0.2) is 9.78 Å². The maximum atomic E-state index is 14.2. The van der Waals surface area contributed by atoms with Crippen molar-refractivity contribution < 1.29 is 38.7 Å². The molecule has 6 N–H and O–H groups in total. The predicted octanol–water partition coefficient (Wildman–Crippen LogP) is 1.23. The van der Waals surface area contributed by atoms with E-state index in [0.29, 0.717) is 62.7 Å². The van der Waals surface area contributed by atoms with Gasteiger partial charge in [0.2, 0.25) is 29.5 Å². The lowest BCUT2D eigenvalue weighted by atomic mass is 9.99. The third kappa shape index (κ3) is 8.40. The summed E-state index contributed by atoms with van der Waals surface area (Å²) in [6.07, 6.45) is 5.09. The van der Waals surface area contributed by atoms with Crippen LogP contribution >= 0.6 is 0 Å². The molecule has 7 amide bonds. The molecule has 4 heterocycles. The zero-order valence-electron chi connectivity index (χ0n) is 32.7. The number of carbonyl (C=O) groups is 7. The molecule has 0 unspecified atom stereocenters. The third-order valence-electron chi connectivity index (χ3n) is 11.8. The molecule has 7 rings (SSSR count). The van der Waals surface area contributed by atoms with Gasteiger partial charge in [-0.05, 0) is 75.1 Å². The molecule has 4 fully saturated rings. The van der Waals surface area contributed by atoms with Crippen LogP contribution in [0.15, 0.2) is 54.9 Å². The normalized spacial score (nSPS) is 24.3. The van der Waals surface area contributed by atoms with Gasteiger partial charge >= 0.3 is 6.03 Å². The van der Waals surface area contributed by atoms with Crippen LogP contribution in [-0.2, 0) is 35.2 Å². The van der Waals surface area contributed by atoms with E-state index in [-0.39, 0.29) is 37.1 Å². The summed E-state index contributed by atoms with van der Waals surface area (Å²) in [6.45, 7) is 3.75. The Morgan fingerprint density at radius 2 is 1.66 bits per heavy atom. The first-order chi connectivity index (χ1) is 27.9. The van der Waals surface area contributed by atoms with Crippen molar-refractivity contribution in [3.05, 3.63) is 60.4 Å². The second-order valence-corrected chi connectivity index (χ2v) is 16.1. The van der Waals surface area contributed by atoms with Crippen molar-refractivity contribution in [2.45, 2.75) is 101 Å². The molecule has 0 radical (unpaired) electrons. The fourth-order valence-corrected chi connectivity index (χ4v) is 8.80. The molecule has 1 saturated carbocycles. The van der Waals surface area contributed by atoms with Crippen LogP contribution in [0.25, 0.3) is 11.0 Å². The first-order valence-corrected chi connectivity index (χ1v) is 20.1. The molecule has 2 aromatic carbocycles. The summed E-state index contributed by atoms with van der Waals surface area (Å²) < 4.78 is 0. The van der Waals surface area contributed by atoms with Crippen molar-refractivity contribution in [2.75, 3.05) is 31.6 Å². The summed E-state index contributed by atoms with van der Waals surface area (Å²) in [5, 5.41) is 21.2. The number of piperidine rings is 1. The summed E-state index contributed by atoms with van der Waals surface area (Å²) in [4.78, 5) is 106. The number of Topliss-reactive ketones (excluding diaryl/α,β-unsaturated/α-hetero) is 1. The number of aromatic nitrogens is 2. The van der Waals surface area contributed by atoms with Crippen molar-refractivity contribution in [1.29, 1.82) is 0 Å². The second-order valence-electron chi connectivity index (χ2n) is 16.1. The lowest BCUT2D eigenvalue weighted by molar-refractivity contribution is -0.151. The van der Waals surface area contributed by atoms with Gasteiger partial charge in [-0.1, -0.05) is 37.3 Å². The van der Waals surface area contributed by atoms with Crippen molar-refractivity contribution >= 4 is 58.1 Å². The van der Waals surface area contributed by atoms with Crippen LogP contribution in [0.2, 0.25) is 0 Å². The number of nitrogens with one attached hydrogen (secondary N) is 5. The number of rotatable bonds is 12. The minimum Gasteiger partial charge on any atom is -0.394 e. The van der Waals surface area contributed by atoms with Crippen LogP contribution in [0, 0.1) is 5.92 Å². The van der Waals surface area contributed by atoms with E-state index in [1.807, 2.05) is 13.0 Å². The van der Waals surface area contributed by atoms with Crippen molar-refractivity contribution in [3.63, 3.8) is 0 Å². The highest BCUT2D eigenvalue weighted by Gasteiger charge is 2.63. The zero-order valence-corrected chi connectivity index (χ0v) is 32.7. The van der Waals surface area contributed by atoms with E-state index in [9.17, 15) is 38.7 Å². The van der Waals surface area contributed by atoms with Crippen molar-refractivity contribution in [1.82, 2.24) is 40.6 Å². The highest BCUT2D eigenvalue weighted by atomic mass is 16.3. The van der Waals surface area contributed by atoms with E-state index in [2.05, 4.69) is 31.2 Å². The first-order valence-electron chi connectivity index (χ1n) is 20.1. The molecule has 58 heavy (non-hydrogen) atoms. The van der Waals surface area contributed by atoms with Crippen LogP contribution in [0.4, 0.5) is 10.5 Å². The summed E-state index contributed by atoms with van der Waals surface area (Å²) >= 11 is 0. The van der Waals surface area contributed by atoms with Crippen molar-refractivity contribution in [2.24, 2.45) is 5.92 Å². The highest BCUT2D eigenvalue weighted by Crippen LogP contribution is 2.48. The molecule has 1 aliphatic carbocycles. The topological polar surface area (TPSA) is 226 Å².